The largest absolute Gasteiger partial charge is 0.481 e. The van der Waals surface area contributed by atoms with Crippen LogP contribution in [0.15, 0.2) is 18.3 Å². The minimum Gasteiger partial charge on any atom is -0.481 e. The topological polar surface area (TPSA) is 37.4 Å². The molecule has 0 fully saturated rings. The fourth-order valence-electron chi connectivity index (χ4n) is 1.50. The van der Waals surface area contributed by atoms with Crippen molar-refractivity contribution in [3.63, 3.8) is 0 Å². The van der Waals surface area contributed by atoms with Gasteiger partial charge in [0.15, 0.2) is 0 Å². The van der Waals surface area contributed by atoms with Gasteiger partial charge in [-0.2, -0.15) is 0 Å². The Morgan fingerprint density at radius 1 is 1.31 bits per heavy atom. The maximum atomic E-state index is 5.00. The Hall–Kier alpha value is -1.29. The molecule has 0 saturated carbocycles. The van der Waals surface area contributed by atoms with Crippen molar-refractivity contribution < 1.29 is 4.74 Å². The van der Waals surface area contributed by atoms with Crippen LogP contribution < -0.4 is 10.1 Å². The van der Waals surface area contributed by atoms with E-state index in [0.29, 0.717) is 5.88 Å². The summed E-state index contributed by atoms with van der Waals surface area (Å²) in [6, 6.07) is 3.84. The number of likely N-dealkylation sites (N-methyl/N-ethyl adjacent to an activating group) is 1. The minimum absolute atomic E-state index is 0.647. The zero-order valence-corrected chi connectivity index (χ0v) is 10.4. The van der Waals surface area contributed by atoms with E-state index in [1.54, 1.807) is 13.3 Å². The fraction of sp³-hybridized carbons (Fsp3) is 0.583. The van der Waals surface area contributed by atoms with E-state index in [1.807, 2.05) is 12.1 Å². The molecule has 0 aliphatic carbocycles. The van der Waals surface area contributed by atoms with Gasteiger partial charge >= 0.3 is 0 Å². The van der Waals surface area contributed by atoms with Crippen molar-refractivity contribution >= 4 is 5.69 Å². The van der Waals surface area contributed by atoms with Crippen molar-refractivity contribution in [3.8, 4) is 5.88 Å². The lowest BCUT2D eigenvalue weighted by Gasteiger charge is -2.18. The van der Waals surface area contributed by atoms with Crippen LogP contribution in [-0.2, 0) is 0 Å². The first-order valence-corrected chi connectivity index (χ1v) is 5.76. The summed E-state index contributed by atoms with van der Waals surface area (Å²) in [6.45, 7) is 8.55. The summed E-state index contributed by atoms with van der Waals surface area (Å²) < 4.78 is 5.00. The van der Waals surface area contributed by atoms with Gasteiger partial charge in [0, 0.05) is 19.2 Å². The second-order valence-corrected chi connectivity index (χ2v) is 3.54. The number of hydrogen-bond acceptors (Lipinski definition) is 4. The molecular weight excluding hydrogens is 202 g/mol. The molecule has 0 aliphatic rings. The molecule has 0 radical (unpaired) electrons. The lowest BCUT2D eigenvalue weighted by molar-refractivity contribution is 0.316. The van der Waals surface area contributed by atoms with Gasteiger partial charge in [-0.05, 0) is 19.2 Å². The molecule has 16 heavy (non-hydrogen) atoms. The summed E-state index contributed by atoms with van der Waals surface area (Å²) >= 11 is 0. The fourth-order valence-corrected chi connectivity index (χ4v) is 1.50. The number of hydrogen-bond donors (Lipinski definition) is 1. The summed E-state index contributed by atoms with van der Waals surface area (Å²) in [5.41, 5.74) is 1.04. The number of nitrogens with one attached hydrogen (secondary N) is 1. The van der Waals surface area contributed by atoms with Gasteiger partial charge in [-0.3, -0.25) is 0 Å². The van der Waals surface area contributed by atoms with Crippen LogP contribution in [-0.4, -0.2) is 43.2 Å². The Balaban J connectivity index is 2.31. The molecule has 0 unspecified atom stereocenters. The number of anilines is 1. The molecule has 0 aliphatic heterocycles. The molecule has 0 bridgehead atoms. The van der Waals surface area contributed by atoms with Crippen molar-refractivity contribution in [1.82, 2.24) is 9.88 Å². The SMILES string of the molecule is CCN(CC)CCNc1ccc(OC)nc1. The molecule has 0 amide bonds. The molecule has 1 rings (SSSR count). The second kappa shape index (κ2) is 7.06. The maximum Gasteiger partial charge on any atom is 0.213 e. The third kappa shape index (κ3) is 4.06. The number of nitrogens with zero attached hydrogens (tertiary/aromatic N) is 2. The number of ether oxygens (including phenoxy) is 1. The van der Waals surface area contributed by atoms with Crippen LogP contribution in [0.5, 0.6) is 5.88 Å². The molecule has 90 valence electrons. The van der Waals surface area contributed by atoms with Gasteiger partial charge in [-0.1, -0.05) is 13.8 Å². The van der Waals surface area contributed by atoms with Crippen molar-refractivity contribution in [2.45, 2.75) is 13.8 Å². The predicted molar refractivity (Wildman–Crippen MR) is 67.1 cm³/mol. The summed E-state index contributed by atoms with van der Waals surface area (Å²) in [4.78, 5) is 6.52. The Labute approximate surface area is 97.6 Å². The zero-order chi connectivity index (χ0) is 11.8. The van der Waals surface area contributed by atoms with E-state index in [2.05, 4.69) is 29.0 Å². The number of rotatable bonds is 7. The molecule has 1 heterocycles. The van der Waals surface area contributed by atoms with Gasteiger partial charge in [0.1, 0.15) is 0 Å². The van der Waals surface area contributed by atoms with Crippen LogP contribution >= 0.6 is 0 Å². The highest BCUT2D eigenvalue weighted by Gasteiger charge is 1.98. The quantitative estimate of drug-likeness (QED) is 0.765. The molecule has 1 aromatic heterocycles. The molecule has 4 heteroatoms. The predicted octanol–water partition coefficient (Wildman–Crippen LogP) is 1.84. The van der Waals surface area contributed by atoms with E-state index in [1.165, 1.54) is 0 Å². The van der Waals surface area contributed by atoms with E-state index >= 15 is 0 Å². The first-order chi connectivity index (χ1) is 7.80. The van der Waals surface area contributed by atoms with Crippen molar-refractivity contribution in [3.05, 3.63) is 18.3 Å². The smallest absolute Gasteiger partial charge is 0.213 e. The first kappa shape index (κ1) is 12.8. The summed E-state index contributed by atoms with van der Waals surface area (Å²) in [5.74, 6) is 0.647. The van der Waals surface area contributed by atoms with E-state index in [4.69, 9.17) is 4.74 Å². The Bertz CT molecular complexity index is 283. The van der Waals surface area contributed by atoms with Crippen LogP contribution in [0.25, 0.3) is 0 Å². The monoisotopic (exact) mass is 223 g/mol. The summed E-state index contributed by atoms with van der Waals surface area (Å²) in [6.07, 6.45) is 1.79. The molecule has 1 aromatic rings. The molecule has 0 spiro atoms. The second-order valence-electron chi connectivity index (χ2n) is 3.54. The number of pyridine rings is 1. The van der Waals surface area contributed by atoms with Crippen LogP contribution in [0.1, 0.15) is 13.8 Å². The van der Waals surface area contributed by atoms with Crippen molar-refractivity contribution in [1.29, 1.82) is 0 Å². The summed E-state index contributed by atoms with van der Waals surface area (Å²) in [7, 11) is 1.62. The average molecular weight is 223 g/mol. The lowest BCUT2D eigenvalue weighted by atomic mass is 10.4. The van der Waals surface area contributed by atoms with Gasteiger partial charge < -0.3 is 15.0 Å². The highest BCUT2D eigenvalue weighted by Crippen LogP contribution is 2.10. The molecule has 4 nitrogen and oxygen atoms in total. The Morgan fingerprint density at radius 2 is 2.06 bits per heavy atom. The van der Waals surface area contributed by atoms with E-state index in [-0.39, 0.29) is 0 Å². The number of methoxy groups -OCH3 is 1. The van der Waals surface area contributed by atoms with Crippen LogP contribution in [0.3, 0.4) is 0 Å². The zero-order valence-electron chi connectivity index (χ0n) is 10.4. The van der Waals surface area contributed by atoms with Crippen molar-refractivity contribution in [2.24, 2.45) is 0 Å². The van der Waals surface area contributed by atoms with E-state index < -0.39 is 0 Å². The molecule has 0 aromatic carbocycles. The standard InChI is InChI=1S/C12H21N3O/c1-4-15(5-2)9-8-13-11-6-7-12(16-3)14-10-11/h6-7,10,13H,4-5,8-9H2,1-3H3. The van der Waals surface area contributed by atoms with Crippen molar-refractivity contribution in [2.75, 3.05) is 38.6 Å². The summed E-state index contributed by atoms with van der Waals surface area (Å²) in [5, 5.41) is 3.34. The highest BCUT2D eigenvalue weighted by atomic mass is 16.5. The molecule has 0 saturated heterocycles. The minimum atomic E-state index is 0.647. The van der Waals surface area contributed by atoms with Gasteiger partial charge in [-0.15, -0.1) is 0 Å². The third-order valence-corrected chi connectivity index (χ3v) is 2.60. The molecular formula is C12H21N3O. The Kier molecular flexibility index (Phi) is 5.64. The first-order valence-electron chi connectivity index (χ1n) is 5.76. The lowest BCUT2D eigenvalue weighted by Crippen LogP contribution is -2.28. The average Bonchev–Trinajstić information content (AvgIpc) is 2.35. The normalized spacial score (nSPS) is 10.5. The molecule has 1 N–H and O–H groups in total. The van der Waals surface area contributed by atoms with E-state index in [9.17, 15) is 0 Å². The van der Waals surface area contributed by atoms with Crippen LogP contribution in [0.4, 0.5) is 5.69 Å². The number of aromatic nitrogens is 1. The van der Waals surface area contributed by atoms with Crippen LogP contribution in [0.2, 0.25) is 0 Å². The maximum absolute atomic E-state index is 5.00. The highest BCUT2D eigenvalue weighted by molar-refractivity contribution is 5.41. The van der Waals surface area contributed by atoms with Gasteiger partial charge in [-0.25, -0.2) is 4.98 Å². The van der Waals surface area contributed by atoms with Gasteiger partial charge in [0.2, 0.25) is 5.88 Å². The van der Waals surface area contributed by atoms with Gasteiger partial charge in [0.25, 0.3) is 0 Å². The molecule has 0 atom stereocenters. The van der Waals surface area contributed by atoms with Crippen LogP contribution in [0, 0.1) is 0 Å². The van der Waals surface area contributed by atoms with Gasteiger partial charge in [0.05, 0.1) is 19.0 Å². The third-order valence-electron chi connectivity index (χ3n) is 2.60. The van der Waals surface area contributed by atoms with E-state index in [0.717, 1.165) is 31.9 Å². The Morgan fingerprint density at radius 3 is 2.56 bits per heavy atom.